The minimum atomic E-state index is -0.351. The molecule has 162 valence electrons. The molecular weight excluding hydrogens is 508 g/mol. The number of nitrogen functional groups attached to an aromatic ring is 1. The second-order valence-corrected chi connectivity index (χ2v) is 6.76. The highest BCUT2D eigenvalue weighted by atomic mass is 127. The Morgan fingerprint density at radius 1 is 1.26 bits per heavy atom. The molecule has 0 aliphatic rings. The summed E-state index contributed by atoms with van der Waals surface area (Å²) < 4.78 is 14.6. The highest BCUT2D eigenvalue weighted by Gasteiger charge is 2.16. The van der Waals surface area contributed by atoms with Crippen molar-refractivity contribution in [1.82, 2.24) is 9.78 Å². The number of hydrogen-bond acceptors (Lipinski definition) is 4. The second-order valence-electron chi connectivity index (χ2n) is 6.76. The van der Waals surface area contributed by atoms with Crippen LogP contribution in [-0.4, -0.2) is 22.3 Å². The third kappa shape index (κ3) is 6.18. The fraction of sp³-hybridized carbons (Fsp3) is 0.227. The topological polar surface area (TPSA) is 118 Å². The van der Waals surface area contributed by atoms with Gasteiger partial charge >= 0.3 is 0 Å². The van der Waals surface area contributed by atoms with E-state index in [-0.39, 0.29) is 35.6 Å². The van der Waals surface area contributed by atoms with Crippen molar-refractivity contribution in [2.24, 2.45) is 10.7 Å². The zero-order chi connectivity index (χ0) is 21.5. The maximum Gasteiger partial charge on any atom is 0.193 e. The molecule has 0 saturated carbocycles. The van der Waals surface area contributed by atoms with E-state index < -0.39 is 0 Å². The number of anilines is 2. The molecule has 5 N–H and O–H groups in total. The number of nitrogens with zero attached hydrogens (tertiary/aromatic N) is 4. The Labute approximate surface area is 198 Å². The summed E-state index contributed by atoms with van der Waals surface area (Å²) in [4.78, 5) is 4.34. The van der Waals surface area contributed by atoms with Gasteiger partial charge < -0.3 is 16.8 Å². The van der Waals surface area contributed by atoms with E-state index in [1.165, 1.54) is 22.4 Å². The Hall–Kier alpha value is -3.13. The van der Waals surface area contributed by atoms with Gasteiger partial charge in [-0.1, -0.05) is 19.1 Å². The van der Waals surface area contributed by atoms with Crippen molar-refractivity contribution < 1.29 is 4.39 Å². The minimum absolute atomic E-state index is 0. The molecule has 1 heterocycles. The maximum absolute atomic E-state index is 13.2. The van der Waals surface area contributed by atoms with Gasteiger partial charge in [0.2, 0.25) is 0 Å². The molecule has 3 rings (SSSR count). The van der Waals surface area contributed by atoms with E-state index in [4.69, 9.17) is 11.5 Å². The van der Waals surface area contributed by atoms with E-state index in [1.807, 2.05) is 18.2 Å². The lowest BCUT2D eigenvalue weighted by Gasteiger charge is -2.07. The number of benzene rings is 2. The molecule has 2 aromatic carbocycles. The van der Waals surface area contributed by atoms with Crippen molar-refractivity contribution >= 4 is 41.4 Å². The molecule has 9 heteroatoms. The minimum Gasteiger partial charge on any atom is -0.382 e. The summed E-state index contributed by atoms with van der Waals surface area (Å²) in [5, 5.41) is 17.0. The maximum atomic E-state index is 13.2. The number of nitrogens with one attached hydrogen (secondary N) is 1. The third-order valence-electron chi connectivity index (χ3n) is 4.64. The van der Waals surface area contributed by atoms with E-state index in [0.29, 0.717) is 42.3 Å². The van der Waals surface area contributed by atoms with Crippen LogP contribution in [0.2, 0.25) is 0 Å². The van der Waals surface area contributed by atoms with E-state index in [2.05, 4.69) is 34.5 Å². The van der Waals surface area contributed by atoms with Crippen LogP contribution in [0.4, 0.5) is 15.9 Å². The zero-order valence-electron chi connectivity index (χ0n) is 17.2. The summed E-state index contributed by atoms with van der Waals surface area (Å²) in [5.74, 6) is 0.218. The summed E-state index contributed by atoms with van der Waals surface area (Å²) in [6.45, 7) is 2.57. The molecule has 0 radical (unpaired) electrons. The van der Waals surface area contributed by atoms with Crippen molar-refractivity contribution in [2.75, 3.05) is 17.6 Å². The van der Waals surface area contributed by atoms with Crippen LogP contribution in [0.3, 0.4) is 0 Å². The molecule has 1 aromatic heterocycles. The molecule has 0 aliphatic carbocycles. The fourth-order valence-electron chi connectivity index (χ4n) is 3.06. The van der Waals surface area contributed by atoms with Gasteiger partial charge in [-0.25, -0.2) is 9.07 Å². The lowest BCUT2D eigenvalue weighted by molar-refractivity contribution is 0.627. The van der Waals surface area contributed by atoms with Gasteiger partial charge in [0.25, 0.3) is 0 Å². The molecule has 31 heavy (non-hydrogen) atoms. The van der Waals surface area contributed by atoms with Crippen LogP contribution in [-0.2, 0) is 12.8 Å². The zero-order valence-corrected chi connectivity index (χ0v) is 19.5. The van der Waals surface area contributed by atoms with Crippen LogP contribution >= 0.6 is 24.0 Å². The first-order chi connectivity index (χ1) is 14.5. The van der Waals surface area contributed by atoms with Crippen LogP contribution in [0.15, 0.2) is 53.5 Å². The summed E-state index contributed by atoms with van der Waals surface area (Å²) in [5.41, 5.74) is 15.6. The number of aryl methyl sites for hydroxylation is 2. The molecule has 0 atom stereocenters. The average molecular weight is 533 g/mol. The Balaban J connectivity index is 0.00000341. The average Bonchev–Trinajstić information content (AvgIpc) is 3.07. The first kappa shape index (κ1) is 24.1. The van der Waals surface area contributed by atoms with Crippen LogP contribution < -0.4 is 16.8 Å². The highest BCUT2D eigenvalue weighted by molar-refractivity contribution is 14.0. The van der Waals surface area contributed by atoms with Crippen molar-refractivity contribution in [2.45, 2.75) is 26.2 Å². The number of hydrogen-bond donors (Lipinski definition) is 3. The number of aromatic nitrogens is 2. The lowest BCUT2D eigenvalue weighted by Crippen LogP contribution is -2.23. The molecule has 0 amide bonds. The number of nitrogens with two attached hydrogens (primary N) is 2. The van der Waals surface area contributed by atoms with Gasteiger partial charge in [-0.05, 0) is 61.2 Å². The van der Waals surface area contributed by atoms with Gasteiger partial charge in [0.05, 0.1) is 11.4 Å². The SMILES string of the molecule is CCc1cccc(NC(N)=NCCCc2nn(-c3ccc(F)cc3)c(N)c2C#N)c1.I. The standard InChI is InChI=1S/C22H24FN7.HI/c1-2-15-5-3-6-17(13-15)28-22(26)27-12-4-7-20-19(14-24)21(25)30(29-20)18-10-8-16(23)9-11-18;/h3,5-6,8-11,13H,2,4,7,12,25H2,1H3,(H3,26,27,28);1H. The van der Waals surface area contributed by atoms with Crippen molar-refractivity contribution in [3.63, 3.8) is 0 Å². The van der Waals surface area contributed by atoms with Gasteiger partial charge in [-0.2, -0.15) is 10.4 Å². The predicted octanol–water partition coefficient (Wildman–Crippen LogP) is 4.01. The number of nitriles is 1. The van der Waals surface area contributed by atoms with Gasteiger partial charge in [0, 0.05) is 12.2 Å². The first-order valence-electron chi connectivity index (χ1n) is 9.71. The molecule has 0 aliphatic heterocycles. The quantitative estimate of drug-likeness (QED) is 0.184. The second kappa shape index (κ2) is 11.3. The Morgan fingerprint density at radius 2 is 2.00 bits per heavy atom. The van der Waals surface area contributed by atoms with Crippen molar-refractivity contribution in [1.29, 1.82) is 5.26 Å². The molecule has 0 unspecified atom stereocenters. The number of rotatable bonds is 7. The largest absolute Gasteiger partial charge is 0.382 e. The molecule has 0 saturated heterocycles. The van der Waals surface area contributed by atoms with E-state index in [9.17, 15) is 9.65 Å². The van der Waals surface area contributed by atoms with Gasteiger partial charge in [0.15, 0.2) is 5.96 Å². The summed E-state index contributed by atoms with van der Waals surface area (Å²) >= 11 is 0. The van der Waals surface area contributed by atoms with Gasteiger partial charge in [0.1, 0.15) is 23.3 Å². The fourth-order valence-corrected chi connectivity index (χ4v) is 3.06. The van der Waals surface area contributed by atoms with Crippen LogP contribution in [0.5, 0.6) is 0 Å². The highest BCUT2D eigenvalue weighted by Crippen LogP contribution is 2.21. The van der Waals surface area contributed by atoms with E-state index >= 15 is 0 Å². The van der Waals surface area contributed by atoms with Crippen molar-refractivity contribution in [3.05, 3.63) is 71.2 Å². The smallest absolute Gasteiger partial charge is 0.193 e. The predicted molar refractivity (Wildman–Crippen MR) is 132 cm³/mol. The number of aliphatic imine (C=N–C) groups is 1. The van der Waals surface area contributed by atoms with Gasteiger partial charge in [-0.15, -0.1) is 24.0 Å². The Morgan fingerprint density at radius 3 is 2.68 bits per heavy atom. The molecule has 7 nitrogen and oxygen atoms in total. The monoisotopic (exact) mass is 533 g/mol. The van der Waals surface area contributed by atoms with Crippen molar-refractivity contribution in [3.8, 4) is 11.8 Å². The van der Waals surface area contributed by atoms with Gasteiger partial charge in [-0.3, -0.25) is 4.99 Å². The molecule has 0 spiro atoms. The molecule has 0 fully saturated rings. The van der Waals surface area contributed by atoms with Crippen LogP contribution in [0.25, 0.3) is 5.69 Å². The molecule has 0 bridgehead atoms. The third-order valence-corrected chi connectivity index (χ3v) is 4.64. The number of halogens is 2. The Kier molecular flexibility index (Phi) is 8.81. The summed E-state index contributed by atoms with van der Waals surface area (Å²) in [6, 6.07) is 15.9. The normalized spacial score (nSPS) is 10.9. The van der Waals surface area contributed by atoms with Crippen LogP contribution in [0.1, 0.15) is 30.2 Å². The lowest BCUT2D eigenvalue weighted by atomic mass is 10.1. The first-order valence-corrected chi connectivity index (χ1v) is 9.71. The summed E-state index contributed by atoms with van der Waals surface area (Å²) in [6.07, 6.45) is 2.11. The Bertz CT molecular complexity index is 1080. The van der Waals surface area contributed by atoms with Crippen LogP contribution in [0, 0.1) is 17.1 Å². The van der Waals surface area contributed by atoms with E-state index in [1.54, 1.807) is 12.1 Å². The molecular formula is C22H25FIN7. The summed E-state index contributed by atoms with van der Waals surface area (Å²) in [7, 11) is 0. The molecule has 3 aromatic rings. The number of guanidine groups is 1. The van der Waals surface area contributed by atoms with E-state index in [0.717, 1.165) is 12.1 Å².